The second-order valence-corrected chi connectivity index (χ2v) is 7.37. The van der Waals surface area contributed by atoms with Crippen LogP contribution in [0.3, 0.4) is 0 Å². The highest BCUT2D eigenvalue weighted by Crippen LogP contribution is 2.19. The molecule has 0 unspecified atom stereocenters. The summed E-state index contributed by atoms with van der Waals surface area (Å²) in [5.74, 6) is 0.670. The van der Waals surface area contributed by atoms with Crippen molar-refractivity contribution < 1.29 is 0 Å². The maximum Gasteiger partial charge on any atom is 0.132 e. The van der Waals surface area contributed by atoms with Crippen LogP contribution < -0.4 is 10.6 Å². The van der Waals surface area contributed by atoms with Crippen molar-refractivity contribution in [2.24, 2.45) is 4.99 Å². The first kappa shape index (κ1) is 20.3. The van der Waals surface area contributed by atoms with E-state index in [4.69, 9.17) is 34.8 Å². The van der Waals surface area contributed by atoms with E-state index in [0.717, 1.165) is 22.8 Å². The molecule has 0 heterocycles. The normalized spacial score (nSPS) is 12.0. The lowest BCUT2D eigenvalue weighted by molar-refractivity contribution is 1.37. The van der Waals surface area contributed by atoms with E-state index in [0.29, 0.717) is 20.9 Å². The summed E-state index contributed by atoms with van der Waals surface area (Å²) in [6, 6.07) is 22.3. The van der Waals surface area contributed by atoms with Gasteiger partial charge in [0.25, 0.3) is 0 Å². The monoisotopic (exact) mass is 429 g/mol. The Balaban J connectivity index is 1.86. The van der Waals surface area contributed by atoms with E-state index in [1.807, 2.05) is 85.8 Å². The van der Waals surface area contributed by atoms with Gasteiger partial charge in [-0.2, -0.15) is 0 Å². The van der Waals surface area contributed by atoms with E-state index < -0.39 is 0 Å². The molecule has 3 rings (SSSR count). The topological polar surface area (TPSA) is 36.4 Å². The van der Waals surface area contributed by atoms with Gasteiger partial charge in [-0.1, -0.05) is 34.8 Å². The fourth-order valence-electron chi connectivity index (χ4n) is 2.43. The molecule has 28 heavy (non-hydrogen) atoms. The first-order valence-corrected chi connectivity index (χ1v) is 9.69. The van der Waals surface area contributed by atoms with Crippen molar-refractivity contribution in [3.05, 3.63) is 99.6 Å². The summed E-state index contributed by atoms with van der Waals surface area (Å²) in [6.07, 6.45) is 1.93. The van der Waals surface area contributed by atoms with Gasteiger partial charge in [-0.05, 0) is 85.8 Å². The number of anilines is 2. The summed E-state index contributed by atoms with van der Waals surface area (Å²) in [6.45, 7) is 1.97. The highest BCUT2D eigenvalue weighted by atomic mass is 35.5. The molecular formula is C22H18Cl3N3. The molecule has 0 atom stereocenters. The maximum atomic E-state index is 5.98. The van der Waals surface area contributed by atoms with Crippen LogP contribution in [0.4, 0.5) is 17.1 Å². The number of amidine groups is 1. The van der Waals surface area contributed by atoms with E-state index in [9.17, 15) is 0 Å². The van der Waals surface area contributed by atoms with Gasteiger partial charge in [0, 0.05) is 32.1 Å². The smallest absolute Gasteiger partial charge is 0.132 e. The summed E-state index contributed by atoms with van der Waals surface area (Å²) < 4.78 is 0. The molecule has 6 heteroatoms. The lowest BCUT2D eigenvalue weighted by Gasteiger charge is -2.11. The first-order valence-electron chi connectivity index (χ1n) is 8.56. The first-order chi connectivity index (χ1) is 13.5. The molecule has 2 N–H and O–H groups in total. The van der Waals surface area contributed by atoms with Crippen LogP contribution in [0.15, 0.2) is 89.6 Å². The second-order valence-electron chi connectivity index (χ2n) is 6.06. The van der Waals surface area contributed by atoms with Crippen molar-refractivity contribution in [3.63, 3.8) is 0 Å². The van der Waals surface area contributed by atoms with Crippen LogP contribution in [0.1, 0.15) is 6.92 Å². The Morgan fingerprint density at radius 3 is 1.61 bits per heavy atom. The Hall–Kier alpha value is -2.46. The number of allylic oxidation sites excluding steroid dienone is 1. The number of rotatable bonds is 5. The van der Waals surface area contributed by atoms with Crippen molar-refractivity contribution in [2.75, 3.05) is 10.6 Å². The molecule has 0 aliphatic rings. The fourth-order valence-corrected chi connectivity index (χ4v) is 2.81. The van der Waals surface area contributed by atoms with Gasteiger partial charge in [-0.3, -0.25) is 0 Å². The molecule has 3 aromatic carbocycles. The lowest BCUT2D eigenvalue weighted by atomic mass is 10.2. The second kappa shape index (κ2) is 9.65. The third kappa shape index (κ3) is 6.31. The average Bonchev–Trinajstić information content (AvgIpc) is 2.67. The van der Waals surface area contributed by atoms with E-state index in [-0.39, 0.29) is 0 Å². The van der Waals surface area contributed by atoms with Gasteiger partial charge in [-0.15, -0.1) is 0 Å². The molecule has 0 aromatic heterocycles. The Morgan fingerprint density at radius 1 is 0.679 bits per heavy atom. The molecule has 0 fully saturated rings. The fraction of sp³-hybridized carbons (Fsp3) is 0.0455. The largest absolute Gasteiger partial charge is 0.359 e. The van der Waals surface area contributed by atoms with Crippen LogP contribution >= 0.6 is 34.8 Å². The number of nitrogens with one attached hydrogen (secondary N) is 2. The van der Waals surface area contributed by atoms with Crippen LogP contribution in [0.2, 0.25) is 15.1 Å². The van der Waals surface area contributed by atoms with E-state index >= 15 is 0 Å². The highest BCUT2D eigenvalue weighted by molar-refractivity contribution is 6.31. The van der Waals surface area contributed by atoms with Gasteiger partial charge in [0.15, 0.2) is 0 Å². The van der Waals surface area contributed by atoms with E-state index in [2.05, 4.69) is 15.6 Å². The number of aliphatic imine (C=N–C) groups is 1. The number of benzene rings is 3. The molecule has 0 aliphatic heterocycles. The van der Waals surface area contributed by atoms with Gasteiger partial charge >= 0.3 is 0 Å². The van der Waals surface area contributed by atoms with Gasteiger partial charge in [0.05, 0.1) is 5.69 Å². The van der Waals surface area contributed by atoms with Crippen molar-refractivity contribution in [1.82, 2.24) is 0 Å². The molecule has 0 spiro atoms. The summed E-state index contributed by atoms with van der Waals surface area (Å²) in [4.78, 5) is 4.69. The quantitative estimate of drug-likeness (QED) is 0.320. The highest BCUT2D eigenvalue weighted by Gasteiger charge is 2.02. The molecule has 0 saturated heterocycles. The van der Waals surface area contributed by atoms with Crippen LogP contribution in [-0.2, 0) is 0 Å². The van der Waals surface area contributed by atoms with Gasteiger partial charge in [0.2, 0.25) is 0 Å². The molecule has 0 radical (unpaired) electrons. The Kier molecular flexibility index (Phi) is 6.99. The maximum absolute atomic E-state index is 5.98. The summed E-state index contributed by atoms with van der Waals surface area (Å²) in [5, 5.41) is 8.69. The Bertz CT molecular complexity index is 977. The van der Waals surface area contributed by atoms with Gasteiger partial charge in [0.1, 0.15) is 5.84 Å². The Morgan fingerprint density at radius 2 is 1.11 bits per heavy atom. The summed E-state index contributed by atoms with van der Waals surface area (Å²) in [7, 11) is 0. The predicted octanol–water partition coefficient (Wildman–Crippen LogP) is 7.80. The minimum Gasteiger partial charge on any atom is -0.359 e. The predicted molar refractivity (Wildman–Crippen MR) is 122 cm³/mol. The van der Waals surface area contributed by atoms with Crippen LogP contribution in [-0.4, -0.2) is 5.84 Å². The molecule has 0 aliphatic carbocycles. The summed E-state index contributed by atoms with van der Waals surface area (Å²) >= 11 is 17.9. The number of halogens is 3. The molecule has 0 bridgehead atoms. The SMILES string of the molecule is C/C(=C/C(=Nc1ccc(Cl)cc1)Nc1ccc(Cl)cc1)Nc1ccc(Cl)cc1. The number of nitrogens with zero attached hydrogens (tertiary/aromatic N) is 1. The molecule has 0 amide bonds. The van der Waals surface area contributed by atoms with E-state index in [1.165, 1.54) is 0 Å². The zero-order valence-electron chi connectivity index (χ0n) is 15.1. The minimum atomic E-state index is 0.669. The van der Waals surface area contributed by atoms with Crippen LogP contribution in [0.5, 0.6) is 0 Å². The van der Waals surface area contributed by atoms with E-state index in [1.54, 1.807) is 0 Å². The lowest BCUT2D eigenvalue weighted by Crippen LogP contribution is -2.11. The van der Waals surface area contributed by atoms with Gasteiger partial charge < -0.3 is 10.6 Å². The van der Waals surface area contributed by atoms with Crippen LogP contribution in [0.25, 0.3) is 0 Å². The molecular weight excluding hydrogens is 413 g/mol. The number of hydrogen-bond acceptors (Lipinski definition) is 2. The van der Waals surface area contributed by atoms with Gasteiger partial charge in [-0.25, -0.2) is 4.99 Å². The zero-order chi connectivity index (χ0) is 19.9. The standard InChI is InChI=1S/C22H18Cl3N3/c1-15(26-19-8-2-16(23)3-9-19)14-22(27-20-10-4-17(24)5-11-20)28-21-12-6-18(25)7-13-21/h2-14,26H,1H3,(H,27,28)/b15-14-. The molecule has 0 saturated carbocycles. The molecule has 142 valence electrons. The summed E-state index contributed by atoms with van der Waals surface area (Å²) in [5.41, 5.74) is 3.52. The van der Waals surface area contributed by atoms with Crippen molar-refractivity contribution in [2.45, 2.75) is 6.92 Å². The third-order valence-corrected chi connectivity index (χ3v) is 4.49. The molecule has 3 aromatic rings. The van der Waals surface area contributed by atoms with Crippen molar-refractivity contribution in [1.29, 1.82) is 0 Å². The Labute approximate surface area is 179 Å². The van der Waals surface area contributed by atoms with Crippen molar-refractivity contribution >= 4 is 57.7 Å². The molecule has 3 nitrogen and oxygen atoms in total. The number of hydrogen-bond donors (Lipinski definition) is 2. The zero-order valence-corrected chi connectivity index (χ0v) is 17.4. The van der Waals surface area contributed by atoms with Crippen molar-refractivity contribution in [3.8, 4) is 0 Å². The average molecular weight is 431 g/mol. The minimum absolute atomic E-state index is 0.669. The third-order valence-electron chi connectivity index (χ3n) is 3.73. The van der Waals surface area contributed by atoms with Crippen LogP contribution in [0, 0.1) is 0 Å².